The molecule has 1 aliphatic rings. The lowest BCUT2D eigenvalue weighted by molar-refractivity contribution is -0.123. The van der Waals surface area contributed by atoms with Gasteiger partial charge in [-0.2, -0.15) is 0 Å². The molecular formula is C15H22N2O2. The highest BCUT2D eigenvalue weighted by Gasteiger charge is 2.31. The summed E-state index contributed by atoms with van der Waals surface area (Å²) in [6.07, 6.45) is 0.102. The molecule has 1 amide bonds. The van der Waals surface area contributed by atoms with Crippen LogP contribution >= 0.6 is 0 Å². The molecule has 4 heteroatoms. The molecule has 1 aromatic rings. The molecule has 2 atom stereocenters. The molecule has 0 aliphatic heterocycles. The average Bonchev–Trinajstić information content (AvgIpc) is 2.72. The van der Waals surface area contributed by atoms with Crippen molar-refractivity contribution in [3.63, 3.8) is 0 Å². The number of aliphatic hydroxyl groups is 1. The number of carbonyl (C=O) groups excluding carboxylic acids is 1. The lowest BCUT2D eigenvalue weighted by atomic mass is 10.1. The number of benzene rings is 1. The Morgan fingerprint density at radius 1 is 1.37 bits per heavy atom. The van der Waals surface area contributed by atoms with Gasteiger partial charge in [0.05, 0.1) is 18.7 Å². The zero-order valence-corrected chi connectivity index (χ0v) is 11.6. The van der Waals surface area contributed by atoms with Crippen LogP contribution in [0.5, 0.6) is 0 Å². The second kappa shape index (κ2) is 6.17. The van der Waals surface area contributed by atoms with E-state index in [9.17, 15) is 9.90 Å². The van der Waals surface area contributed by atoms with Crippen molar-refractivity contribution in [1.29, 1.82) is 0 Å². The van der Waals surface area contributed by atoms with Gasteiger partial charge >= 0.3 is 0 Å². The first-order valence-electron chi connectivity index (χ1n) is 6.93. The van der Waals surface area contributed by atoms with E-state index in [1.165, 1.54) is 0 Å². The number of nitrogens with one attached hydrogen (secondary N) is 1. The van der Waals surface area contributed by atoms with Crippen LogP contribution in [-0.2, 0) is 11.2 Å². The predicted molar refractivity (Wildman–Crippen MR) is 74.8 cm³/mol. The Hall–Kier alpha value is -1.39. The zero-order chi connectivity index (χ0) is 13.8. The second-order valence-corrected chi connectivity index (χ2v) is 4.98. The monoisotopic (exact) mass is 262 g/mol. The molecular weight excluding hydrogens is 240 g/mol. The van der Waals surface area contributed by atoms with E-state index in [-0.39, 0.29) is 11.9 Å². The van der Waals surface area contributed by atoms with Gasteiger partial charge in [-0.25, -0.2) is 0 Å². The number of aliphatic hydroxyl groups excluding tert-OH is 1. The normalized spacial score (nSPS) is 21.5. The maximum absolute atomic E-state index is 12.0. The van der Waals surface area contributed by atoms with E-state index in [2.05, 4.69) is 10.2 Å². The summed E-state index contributed by atoms with van der Waals surface area (Å²) >= 11 is 0. The van der Waals surface area contributed by atoms with Crippen LogP contribution in [0.2, 0.25) is 0 Å². The van der Waals surface area contributed by atoms with Gasteiger partial charge in [-0.3, -0.25) is 9.69 Å². The molecule has 0 saturated carbocycles. The smallest absolute Gasteiger partial charge is 0.234 e. The van der Waals surface area contributed by atoms with E-state index >= 15 is 0 Å². The molecule has 104 valence electrons. The topological polar surface area (TPSA) is 52.6 Å². The Labute approximate surface area is 114 Å². The van der Waals surface area contributed by atoms with Crippen molar-refractivity contribution in [1.82, 2.24) is 10.2 Å². The molecule has 4 nitrogen and oxygen atoms in total. The Morgan fingerprint density at radius 3 is 2.74 bits per heavy atom. The summed E-state index contributed by atoms with van der Waals surface area (Å²) in [6, 6.07) is 7.63. The third kappa shape index (κ3) is 3.14. The van der Waals surface area contributed by atoms with E-state index in [1.54, 1.807) is 0 Å². The van der Waals surface area contributed by atoms with Crippen LogP contribution < -0.4 is 5.32 Å². The summed E-state index contributed by atoms with van der Waals surface area (Å²) in [5.41, 5.74) is 2.17. The van der Waals surface area contributed by atoms with Crippen molar-refractivity contribution in [2.45, 2.75) is 32.4 Å². The minimum Gasteiger partial charge on any atom is -0.390 e. The van der Waals surface area contributed by atoms with Crippen molar-refractivity contribution in [2.75, 3.05) is 19.6 Å². The summed E-state index contributed by atoms with van der Waals surface area (Å²) in [5.74, 6) is -0.0237. The van der Waals surface area contributed by atoms with Gasteiger partial charge in [0, 0.05) is 6.42 Å². The molecule has 2 unspecified atom stereocenters. The van der Waals surface area contributed by atoms with Crippen molar-refractivity contribution in [3.05, 3.63) is 35.4 Å². The molecule has 0 spiro atoms. The fourth-order valence-electron chi connectivity index (χ4n) is 2.62. The molecule has 0 bridgehead atoms. The van der Waals surface area contributed by atoms with Crippen molar-refractivity contribution in [3.8, 4) is 0 Å². The number of hydrogen-bond donors (Lipinski definition) is 2. The third-order valence-electron chi connectivity index (χ3n) is 3.78. The number of carbonyl (C=O) groups is 1. The Bertz CT molecular complexity index is 444. The number of fused-ring (bicyclic) bond motifs is 1. The minimum atomic E-state index is -0.516. The molecule has 1 aromatic carbocycles. The first-order chi connectivity index (χ1) is 9.15. The first-order valence-corrected chi connectivity index (χ1v) is 6.93. The van der Waals surface area contributed by atoms with Crippen LogP contribution in [0.4, 0.5) is 0 Å². The Kier molecular flexibility index (Phi) is 4.56. The maximum atomic E-state index is 12.0. The van der Waals surface area contributed by atoms with Crippen LogP contribution in [-0.4, -0.2) is 41.7 Å². The summed E-state index contributed by atoms with van der Waals surface area (Å²) in [4.78, 5) is 14.1. The van der Waals surface area contributed by atoms with Gasteiger partial charge in [0.2, 0.25) is 5.91 Å². The highest BCUT2D eigenvalue weighted by Crippen LogP contribution is 2.31. The number of likely N-dealkylation sites (N-methyl/N-ethyl adjacent to an activating group) is 1. The van der Waals surface area contributed by atoms with Crippen LogP contribution in [0.15, 0.2) is 24.3 Å². The summed E-state index contributed by atoms with van der Waals surface area (Å²) in [7, 11) is 0. The number of amides is 1. The van der Waals surface area contributed by atoms with Gasteiger partial charge in [-0.15, -0.1) is 0 Å². The molecule has 19 heavy (non-hydrogen) atoms. The van der Waals surface area contributed by atoms with Crippen molar-refractivity contribution < 1.29 is 9.90 Å². The first kappa shape index (κ1) is 14.0. The van der Waals surface area contributed by atoms with Gasteiger partial charge in [-0.05, 0) is 24.2 Å². The molecule has 1 aliphatic carbocycles. The predicted octanol–water partition coefficient (Wildman–Crippen LogP) is 1.10. The third-order valence-corrected chi connectivity index (χ3v) is 3.78. The second-order valence-electron chi connectivity index (χ2n) is 4.98. The van der Waals surface area contributed by atoms with Crippen LogP contribution in [0, 0.1) is 0 Å². The SMILES string of the molecule is CCN(CC)CC(=O)NC1c2ccccc2CC1O. The van der Waals surface area contributed by atoms with E-state index in [0.29, 0.717) is 13.0 Å². The largest absolute Gasteiger partial charge is 0.390 e. The Morgan fingerprint density at radius 2 is 2.05 bits per heavy atom. The molecule has 0 radical (unpaired) electrons. The van der Waals surface area contributed by atoms with Gasteiger partial charge < -0.3 is 10.4 Å². The number of hydrogen-bond acceptors (Lipinski definition) is 3. The van der Waals surface area contributed by atoms with Crippen LogP contribution in [0.25, 0.3) is 0 Å². The summed E-state index contributed by atoms with van der Waals surface area (Å²) in [5, 5.41) is 13.0. The van der Waals surface area contributed by atoms with E-state index in [1.807, 2.05) is 38.1 Å². The fourth-order valence-corrected chi connectivity index (χ4v) is 2.62. The average molecular weight is 262 g/mol. The van der Waals surface area contributed by atoms with Gasteiger partial charge in [-0.1, -0.05) is 38.1 Å². The van der Waals surface area contributed by atoms with Gasteiger partial charge in [0.25, 0.3) is 0 Å². The maximum Gasteiger partial charge on any atom is 0.234 e. The molecule has 0 fully saturated rings. The summed E-state index contributed by atoms with van der Waals surface area (Å²) in [6.45, 7) is 6.17. The lowest BCUT2D eigenvalue weighted by Gasteiger charge is -2.22. The molecule has 2 rings (SSSR count). The molecule has 0 saturated heterocycles. The van der Waals surface area contributed by atoms with Crippen LogP contribution in [0.3, 0.4) is 0 Å². The number of nitrogens with zero attached hydrogens (tertiary/aromatic N) is 1. The minimum absolute atomic E-state index is 0.0237. The lowest BCUT2D eigenvalue weighted by Crippen LogP contribution is -2.41. The molecule has 2 N–H and O–H groups in total. The quantitative estimate of drug-likeness (QED) is 0.835. The van der Waals surface area contributed by atoms with Gasteiger partial charge in [0.15, 0.2) is 0 Å². The Balaban J connectivity index is 2.01. The zero-order valence-electron chi connectivity index (χ0n) is 11.6. The number of rotatable bonds is 5. The highest BCUT2D eigenvalue weighted by atomic mass is 16.3. The van der Waals surface area contributed by atoms with Crippen molar-refractivity contribution in [2.24, 2.45) is 0 Å². The highest BCUT2D eigenvalue weighted by molar-refractivity contribution is 5.78. The molecule has 0 aromatic heterocycles. The van der Waals surface area contributed by atoms with Crippen LogP contribution in [0.1, 0.15) is 31.0 Å². The fraction of sp³-hybridized carbons (Fsp3) is 0.533. The van der Waals surface area contributed by atoms with E-state index in [0.717, 1.165) is 24.2 Å². The van der Waals surface area contributed by atoms with E-state index < -0.39 is 6.10 Å². The van der Waals surface area contributed by atoms with E-state index in [4.69, 9.17) is 0 Å². The van der Waals surface area contributed by atoms with Crippen molar-refractivity contribution >= 4 is 5.91 Å². The molecule has 0 heterocycles. The van der Waals surface area contributed by atoms with Gasteiger partial charge in [0.1, 0.15) is 0 Å². The standard InChI is InChI=1S/C15H22N2O2/c1-3-17(4-2)10-14(19)16-15-12-8-6-5-7-11(12)9-13(15)18/h5-8,13,15,18H,3-4,9-10H2,1-2H3,(H,16,19). The summed E-state index contributed by atoms with van der Waals surface area (Å²) < 4.78 is 0.